The third-order valence-corrected chi connectivity index (χ3v) is 7.56. The SMILES string of the molecule is Cc1cnc2cnc3c(c2c1)C(C)(C)c1cccc2cc[c-]c-3c12.[2H]/C(C(C)=O)=C(\C)[N-]C1CCCCC1.[Ir]. The van der Waals surface area contributed by atoms with Gasteiger partial charge in [0.25, 0.3) is 0 Å². The number of benzene rings is 2. The number of hydrogen-bond acceptors (Lipinski definition) is 3. The zero-order valence-electron chi connectivity index (χ0n) is 23.8. The molecule has 2 aromatic heterocycles. The van der Waals surface area contributed by atoms with Gasteiger partial charge in [-0.15, -0.1) is 35.2 Å². The molecule has 0 amide bonds. The molecule has 5 heteroatoms. The van der Waals surface area contributed by atoms with E-state index in [4.69, 9.17) is 6.35 Å². The van der Waals surface area contributed by atoms with Gasteiger partial charge in [0.15, 0.2) is 5.78 Å². The van der Waals surface area contributed by atoms with Crippen LogP contribution in [0.4, 0.5) is 0 Å². The van der Waals surface area contributed by atoms with Gasteiger partial charge >= 0.3 is 0 Å². The molecule has 1 saturated carbocycles. The van der Waals surface area contributed by atoms with E-state index in [2.05, 4.69) is 67.5 Å². The number of fused-ring (bicyclic) bond motifs is 4. The summed E-state index contributed by atoms with van der Waals surface area (Å²) < 4.78 is 7.49. The molecule has 0 N–H and O–H groups in total. The van der Waals surface area contributed by atoms with Crippen molar-refractivity contribution in [1.82, 2.24) is 9.97 Å². The molecule has 2 aromatic carbocycles. The predicted molar refractivity (Wildman–Crippen MR) is 153 cm³/mol. The Hall–Kier alpha value is -2.88. The molecular formula is C33H35IrN3O-2. The summed E-state index contributed by atoms with van der Waals surface area (Å²) in [6.07, 6.45) is 9.79. The van der Waals surface area contributed by atoms with E-state index in [9.17, 15) is 4.79 Å². The van der Waals surface area contributed by atoms with Crippen LogP contribution in [0.3, 0.4) is 0 Å². The maximum absolute atomic E-state index is 10.9. The summed E-state index contributed by atoms with van der Waals surface area (Å²) in [5.41, 5.74) is 7.37. The quantitative estimate of drug-likeness (QED) is 0.161. The van der Waals surface area contributed by atoms with E-state index in [0.29, 0.717) is 11.7 Å². The topological polar surface area (TPSA) is 57.0 Å². The van der Waals surface area contributed by atoms with Gasteiger partial charge in [0.2, 0.25) is 0 Å². The van der Waals surface area contributed by atoms with Crippen molar-refractivity contribution in [2.24, 2.45) is 0 Å². The van der Waals surface area contributed by atoms with Gasteiger partial charge in [-0.3, -0.25) is 9.78 Å². The van der Waals surface area contributed by atoms with Crippen LogP contribution in [0, 0.1) is 13.0 Å². The molecule has 4 nitrogen and oxygen atoms in total. The molecule has 2 heterocycles. The zero-order chi connectivity index (χ0) is 27.0. The molecule has 0 unspecified atom stereocenters. The van der Waals surface area contributed by atoms with E-state index >= 15 is 0 Å². The molecule has 1 fully saturated rings. The smallest absolute Gasteiger partial charge is 0.151 e. The van der Waals surface area contributed by atoms with Gasteiger partial charge in [-0.2, -0.15) is 5.70 Å². The van der Waals surface area contributed by atoms with Gasteiger partial charge in [-0.25, -0.2) is 0 Å². The van der Waals surface area contributed by atoms with Crippen molar-refractivity contribution < 1.29 is 26.3 Å². The van der Waals surface area contributed by atoms with Crippen molar-refractivity contribution in [3.05, 3.63) is 88.6 Å². The molecule has 0 aliphatic heterocycles. The third-order valence-electron chi connectivity index (χ3n) is 7.56. The number of hydrogen-bond donors (Lipinski definition) is 0. The summed E-state index contributed by atoms with van der Waals surface area (Å²) in [6, 6.07) is 16.8. The van der Waals surface area contributed by atoms with Crippen molar-refractivity contribution in [3.63, 3.8) is 0 Å². The average Bonchev–Trinajstić information content (AvgIpc) is 2.91. The number of pyridine rings is 2. The van der Waals surface area contributed by atoms with Gasteiger partial charge in [-0.1, -0.05) is 82.0 Å². The van der Waals surface area contributed by atoms with Crippen LogP contribution < -0.4 is 0 Å². The second kappa shape index (κ2) is 11.5. The summed E-state index contributed by atoms with van der Waals surface area (Å²) >= 11 is 0. The first-order valence-corrected chi connectivity index (χ1v) is 13.3. The van der Waals surface area contributed by atoms with Gasteiger partial charge in [-0.05, 0) is 48.2 Å². The summed E-state index contributed by atoms with van der Waals surface area (Å²) in [4.78, 5) is 20.3. The molecule has 1 radical (unpaired) electrons. The third kappa shape index (κ3) is 5.46. The molecule has 0 spiro atoms. The van der Waals surface area contributed by atoms with Crippen LogP contribution in [0.25, 0.3) is 38.2 Å². The Morgan fingerprint density at radius 3 is 2.63 bits per heavy atom. The number of ketones is 1. The number of rotatable bonds is 3. The molecular weight excluding hydrogens is 647 g/mol. The maximum Gasteiger partial charge on any atom is 0.151 e. The summed E-state index contributed by atoms with van der Waals surface area (Å²) in [7, 11) is 0. The van der Waals surface area contributed by atoms with E-state index in [0.717, 1.165) is 29.6 Å². The molecule has 6 rings (SSSR count). The average molecular weight is 683 g/mol. The van der Waals surface area contributed by atoms with Gasteiger partial charge in [0.05, 0.1) is 6.89 Å². The van der Waals surface area contributed by atoms with E-state index in [-0.39, 0.29) is 37.4 Å². The van der Waals surface area contributed by atoms with Crippen LogP contribution >= 0.6 is 0 Å². The number of nitrogens with zero attached hydrogens (tertiary/aromatic N) is 3. The Labute approximate surface area is 241 Å². The van der Waals surface area contributed by atoms with Crippen LogP contribution in [0.1, 0.15) is 77.9 Å². The molecule has 0 atom stereocenters. The van der Waals surface area contributed by atoms with E-state index in [1.165, 1.54) is 59.0 Å². The van der Waals surface area contributed by atoms with Crippen molar-refractivity contribution in [1.29, 1.82) is 0 Å². The second-order valence-corrected chi connectivity index (χ2v) is 10.9. The van der Waals surface area contributed by atoms with Crippen LogP contribution in [-0.2, 0) is 30.3 Å². The second-order valence-electron chi connectivity index (χ2n) is 10.9. The van der Waals surface area contributed by atoms with Gasteiger partial charge in [0, 0.05) is 37.9 Å². The Morgan fingerprint density at radius 1 is 1.13 bits per heavy atom. The molecule has 38 heavy (non-hydrogen) atoms. The first kappa shape index (κ1) is 26.7. The van der Waals surface area contributed by atoms with Gasteiger partial charge in [0.1, 0.15) is 0 Å². The zero-order valence-corrected chi connectivity index (χ0v) is 25.2. The summed E-state index contributed by atoms with van der Waals surface area (Å²) in [5, 5.41) is 8.16. The molecule has 199 valence electrons. The van der Waals surface area contributed by atoms with Crippen molar-refractivity contribution >= 4 is 27.5 Å². The fourth-order valence-corrected chi connectivity index (χ4v) is 5.91. The van der Waals surface area contributed by atoms with Crippen LogP contribution in [0.2, 0.25) is 0 Å². The number of carbonyl (C=O) groups is 1. The Morgan fingerprint density at radius 2 is 1.89 bits per heavy atom. The maximum atomic E-state index is 10.9. The summed E-state index contributed by atoms with van der Waals surface area (Å²) in [5.74, 6) is -0.193. The monoisotopic (exact) mass is 683 g/mol. The Kier molecular flexibility index (Phi) is 8.06. The number of aryl methyl sites for hydroxylation is 1. The van der Waals surface area contributed by atoms with E-state index in [1.54, 1.807) is 6.92 Å². The Bertz CT molecular complexity index is 1570. The molecule has 0 bridgehead atoms. The van der Waals surface area contributed by atoms with E-state index < -0.39 is 0 Å². The minimum atomic E-state index is -0.193. The van der Waals surface area contributed by atoms with Crippen molar-refractivity contribution in [2.75, 3.05) is 0 Å². The van der Waals surface area contributed by atoms with Crippen LogP contribution in [0.5, 0.6) is 0 Å². The minimum Gasteiger partial charge on any atom is -0.685 e. The number of aromatic nitrogens is 2. The number of allylic oxidation sites excluding steroid dienone is 2. The molecule has 4 aromatic rings. The first-order valence-electron chi connectivity index (χ1n) is 13.8. The fraction of sp³-hybridized carbons (Fsp3) is 0.364. The summed E-state index contributed by atoms with van der Waals surface area (Å²) in [6.45, 7) is 9.86. The van der Waals surface area contributed by atoms with E-state index in [1.807, 2.05) is 18.5 Å². The van der Waals surface area contributed by atoms with Crippen LogP contribution in [-0.4, -0.2) is 21.8 Å². The molecule has 2 aliphatic rings. The van der Waals surface area contributed by atoms with Gasteiger partial charge < -0.3 is 10.3 Å². The first-order chi connectivity index (χ1) is 18.2. The number of carbonyl (C=O) groups excluding carboxylic acids is 1. The fourth-order valence-electron chi connectivity index (χ4n) is 5.91. The Balaban J connectivity index is 0.000000204. The molecule has 0 saturated heterocycles. The largest absolute Gasteiger partial charge is 0.685 e. The van der Waals surface area contributed by atoms with Crippen molar-refractivity contribution in [2.45, 2.75) is 78.2 Å². The minimum absolute atomic E-state index is 0. The van der Waals surface area contributed by atoms with Crippen LogP contribution in [0.15, 0.2) is 60.5 Å². The molecule has 2 aliphatic carbocycles. The van der Waals surface area contributed by atoms with Crippen molar-refractivity contribution in [3.8, 4) is 11.3 Å². The predicted octanol–water partition coefficient (Wildman–Crippen LogP) is 8.38. The normalized spacial score (nSPS) is 16.8. The standard InChI is InChI=1S/C22H17N2.C11H19NO.Ir/c1-13-10-16-18(23-11-13)12-24-21-15-8-4-6-14-7-5-9-17(19(14)15)22(2,3)20(16)21;1-9(8-10(2)13)12-11-6-4-3-5-7-11;/h4-7,9-12H,1-3H3;8,11H,3-7H2,1-2H3,(H,12,13);/q-1;;/p-1/i;8D;.